The van der Waals surface area contributed by atoms with Crippen LogP contribution in [0.2, 0.25) is 0 Å². The van der Waals surface area contributed by atoms with Crippen LogP contribution in [0.3, 0.4) is 0 Å². The minimum atomic E-state index is -0.828. The van der Waals surface area contributed by atoms with Gasteiger partial charge in [0.05, 0.1) is 24.8 Å². The largest absolute Gasteiger partial charge is 0.394 e. The van der Waals surface area contributed by atoms with E-state index in [0.717, 1.165) is 19.3 Å². The first kappa shape index (κ1) is 18.7. The molecule has 0 bridgehead atoms. The topological polar surface area (TPSA) is 111 Å². The van der Waals surface area contributed by atoms with Gasteiger partial charge in [-0.25, -0.2) is 0 Å². The first-order valence-corrected chi connectivity index (χ1v) is 8.68. The van der Waals surface area contributed by atoms with Gasteiger partial charge in [0.25, 0.3) is 0 Å². The van der Waals surface area contributed by atoms with Crippen LogP contribution in [0.1, 0.15) is 46.0 Å². The minimum Gasteiger partial charge on any atom is -0.394 e. The van der Waals surface area contributed by atoms with E-state index in [0.29, 0.717) is 19.5 Å². The van der Waals surface area contributed by atoms with Crippen molar-refractivity contribution in [3.05, 3.63) is 0 Å². The molecule has 2 saturated heterocycles. The number of nitrogens with two attached hydrogens (primary N) is 1. The van der Waals surface area contributed by atoms with Gasteiger partial charge in [-0.05, 0) is 31.1 Å². The second-order valence-electron chi connectivity index (χ2n) is 7.53. The third kappa shape index (κ3) is 3.70. The van der Waals surface area contributed by atoms with Crippen LogP contribution in [0.25, 0.3) is 0 Å². The fourth-order valence-electron chi connectivity index (χ4n) is 3.63. The number of hydrogen-bond acceptors (Lipinski definition) is 5. The molecule has 7 heteroatoms. The molecule has 0 radical (unpaired) electrons. The summed E-state index contributed by atoms with van der Waals surface area (Å²) < 4.78 is 0. The van der Waals surface area contributed by atoms with Crippen LogP contribution < -0.4 is 5.73 Å². The molecule has 2 amide bonds. The van der Waals surface area contributed by atoms with Gasteiger partial charge in [-0.15, -0.1) is 0 Å². The van der Waals surface area contributed by atoms with Crippen molar-refractivity contribution in [2.24, 2.45) is 11.1 Å². The number of rotatable bonds is 5. The third-order valence-electron chi connectivity index (χ3n) is 5.31. The standard InChI is InChI=1S/C17H28N4O3/c1-17(2,9-14(23)20-7-4-6-13(20)11-22)15(19)16(24)21-8-3-5-12(21)10-18/h12-13,15,22H,3-9,11,19H2,1-2H3/t12-,13?,15?/m0/s1. The molecule has 2 rings (SSSR count). The molecule has 2 fully saturated rings. The molecule has 0 aliphatic carbocycles. The van der Waals surface area contributed by atoms with Crippen LogP contribution >= 0.6 is 0 Å². The lowest BCUT2D eigenvalue weighted by molar-refractivity contribution is -0.139. The SMILES string of the molecule is CC(C)(CC(=O)N1CCCC1CO)C(N)C(=O)N1CCC[C@H]1C#N. The van der Waals surface area contributed by atoms with Crippen molar-refractivity contribution in [2.45, 2.75) is 64.1 Å². The zero-order valence-electron chi connectivity index (χ0n) is 14.6. The predicted molar refractivity (Wildman–Crippen MR) is 88.5 cm³/mol. The van der Waals surface area contributed by atoms with Gasteiger partial charge in [-0.3, -0.25) is 9.59 Å². The van der Waals surface area contributed by atoms with E-state index >= 15 is 0 Å². The van der Waals surface area contributed by atoms with E-state index in [9.17, 15) is 14.7 Å². The summed E-state index contributed by atoms with van der Waals surface area (Å²) in [5.41, 5.74) is 5.48. The molecule has 2 aliphatic rings. The first-order valence-electron chi connectivity index (χ1n) is 8.68. The Kier molecular flexibility index (Phi) is 5.83. The summed E-state index contributed by atoms with van der Waals surface area (Å²) in [5, 5.41) is 18.5. The second-order valence-corrected chi connectivity index (χ2v) is 7.53. The molecule has 24 heavy (non-hydrogen) atoms. The van der Waals surface area contributed by atoms with Crippen molar-refractivity contribution >= 4 is 11.8 Å². The Morgan fingerprint density at radius 3 is 2.54 bits per heavy atom. The van der Waals surface area contributed by atoms with Crippen molar-refractivity contribution in [1.82, 2.24) is 9.80 Å². The van der Waals surface area contributed by atoms with Crippen LogP contribution in [-0.4, -0.2) is 64.5 Å². The molecule has 3 atom stereocenters. The number of aliphatic hydroxyl groups excluding tert-OH is 1. The summed E-state index contributed by atoms with van der Waals surface area (Å²) in [6, 6.07) is 0.785. The lowest BCUT2D eigenvalue weighted by atomic mass is 9.80. The minimum absolute atomic E-state index is 0.0330. The van der Waals surface area contributed by atoms with Crippen LogP contribution in [0, 0.1) is 16.7 Å². The number of hydrogen-bond donors (Lipinski definition) is 2. The Morgan fingerprint density at radius 2 is 1.92 bits per heavy atom. The predicted octanol–water partition coefficient (Wildman–Crippen LogP) is 0.228. The molecule has 134 valence electrons. The molecular formula is C17H28N4O3. The number of aliphatic hydroxyl groups is 1. The fourth-order valence-corrected chi connectivity index (χ4v) is 3.63. The maximum absolute atomic E-state index is 12.7. The van der Waals surface area contributed by atoms with Crippen LogP contribution in [0.5, 0.6) is 0 Å². The first-order chi connectivity index (χ1) is 11.3. The average Bonchev–Trinajstić information content (AvgIpc) is 3.20. The van der Waals surface area contributed by atoms with Crippen molar-refractivity contribution in [3.63, 3.8) is 0 Å². The summed E-state index contributed by atoms with van der Waals surface area (Å²) >= 11 is 0. The highest BCUT2D eigenvalue weighted by atomic mass is 16.3. The maximum Gasteiger partial charge on any atom is 0.241 e. The molecule has 2 heterocycles. The lowest BCUT2D eigenvalue weighted by Crippen LogP contribution is -2.54. The summed E-state index contributed by atoms with van der Waals surface area (Å²) in [6.07, 6.45) is 3.34. The molecule has 2 aliphatic heterocycles. The quantitative estimate of drug-likeness (QED) is 0.746. The third-order valence-corrected chi connectivity index (χ3v) is 5.31. The smallest absolute Gasteiger partial charge is 0.241 e. The summed E-state index contributed by atoms with van der Waals surface area (Å²) in [7, 11) is 0. The van der Waals surface area contributed by atoms with E-state index in [1.165, 1.54) is 0 Å². The second kappa shape index (κ2) is 7.49. The maximum atomic E-state index is 12.7. The molecule has 0 saturated carbocycles. The highest BCUT2D eigenvalue weighted by Gasteiger charge is 2.41. The summed E-state index contributed by atoms with van der Waals surface area (Å²) in [5.74, 6) is -0.324. The molecule has 0 aromatic carbocycles. The molecule has 7 nitrogen and oxygen atoms in total. The van der Waals surface area contributed by atoms with E-state index in [4.69, 9.17) is 11.0 Å². The van der Waals surface area contributed by atoms with Crippen molar-refractivity contribution < 1.29 is 14.7 Å². The van der Waals surface area contributed by atoms with Crippen molar-refractivity contribution in [3.8, 4) is 6.07 Å². The highest BCUT2D eigenvalue weighted by Crippen LogP contribution is 2.30. The van der Waals surface area contributed by atoms with E-state index in [1.54, 1.807) is 9.80 Å². The van der Waals surface area contributed by atoms with Gasteiger partial charge in [0.2, 0.25) is 11.8 Å². The fraction of sp³-hybridized carbons (Fsp3) is 0.824. The Morgan fingerprint density at radius 1 is 1.29 bits per heavy atom. The number of carbonyl (C=O) groups excluding carboxylic acids is 2. The number of nitrogens with zero attached hydrogens (tertiary/aromatic N) is 3. The molecular weight excluding hydrogens is 308 g/mol. The zero-order valence-corrected chi connectivity index (χ0v) is 14.6. The summed E-state index contributed by atoms with van der Waals surface area (Å²) in [6.45, 7) is 4.79. The summed E-state index contributed by atoms with van der Waals surface area (Å²) in [4.78, 5) is 28.5. The Labute approximate surface area is 143 Å². The molecule has 3 N–H and O–H groups in total. The monoisotopic (exact) mass is 336 g/mol. The van der Waals surface area contributed by atoms with Crippen molar-refractivity contribution in [1.29, 1.82) is 5.26 Å². The number of likely N-dealkylation sites (tertiary alicyclic amines) is 2. The lowest BCUT2D eigenvalue weighted by Gasteiger charge is -2.35. The number of nitriles is 1. The van der Waals surface area contributed by atoms with Gasteiger partial charge < -0.3 is 20.6 Å². The van der Waals surface area contributed by atoms with Gasteiger partial charge in [0, 0.05) is 19.5 Å². The average molecular weight is 336 g/mol. The zero-order chi connectivity index (χ0) is 17.9. The van der Waals surface area contributed by atoms with E-state index in [-0.39, 0.29) is 30.9 Å². The van der Waals surface area contributed by atoms with Crippen LogP contribution in [0.15, 0.2) is 0 Å². The van der Waals surface area contributed by atoms with Gasteiger partial charge in [0.15, 0.2) is 0 Å². The molecule has 0 aromatic heterocycles. The molecule has 0 spiro atoms. The van der Waals surface area contributed by atoms with Gasteiger partial charge >= 0.3 is 0 Å². The number of amides is 2. The Balaban J connectivity index is 2.02. The molecule has 0 aromatic rings. The van der Waals surface area contributed by atoms with Gasteiger partial charge in [-0.2, -0.15) is 5.26 Å². The highest BCUT2D eigenvalue weighted by molar-refractivity contribution is 5.85. The number of carbonyl (C=O) groups is 2. The van der Waals surface area contributed by atoms with Gasteiger partial charge in [-0.1, -0.05) is 13.8 Å². The van der Waals surface area contributed by atoms with Crippen LogP contribution in [0.4, 0.5) is 0 Å². The van der Waals surface area contributed by atoms with E-state index in [1.807, 2.05) is 13.8 Å². The van der Waals surface area contributed by atoms with E-state index < -0.39 is 17.5 Å². The normalized spacial score (nSPS) is 25.6. The Bertz CT molecular complexity index is 528. The molecule has 2 unspecified atom stereocenters. The van der Waals surface area contributed by atoms with Gasteiger partial charge in [0.1, 0.15) is 6.04 Å². The van der Waals surface area contributed by atoms with E-state index in [2.05, 4.69) is 6.07 Å². The van der Waals surface area contributed by atoms with Crippen LogP contribution in [-0.2, 0) is 9.59 Å². The Hall–Kier alpha value is -1.65. The van der Waals surface area contributed by atoms with Crippen molar-refractivity contribution in [2.75, 3.05) is 19.7 Å².